The monoisotopic (exact) mass is 423 g/mol. The molecule has 11 heteroatoms. The number of amides is 4. The maximum absolute atomic E-state index is 13.3. The molecular weight excluding hydrogens is 404 g/mol. The highest BCUT2D eigenvalue weighted by Gasteiger charge is 2.52. The fourth-order valence-electron chi connectivity index (χ4n) is 3.66. The molecule has 1 aliphatic heterocycles. The highest BCUT2D eigenvalue weighted by atomic mass is 32.2. The predicted molar refractivity (Wildman–Crippen MR) is 101 cm³/mol. The van der Waals surface area contributed by atoms with E-state index in [2.05, 4.69) is 27.6 Å². The average Bonchev–Trinajstić information content (AvgIpc) is 3.16. The molecule has 2 aliphatic rings. The topological polar surface area (TPSA) is 107 Å². The summed E-state index contributed by atoms with van der Waals surface area (Å²) in [4.78, 5) is 44.0. The van der Waals surface area contributed by atoms with Gasteiger partial charge in [-0.2, -0.15) is 5.01 Å². The molecule has 1 spiro atoms. The lowest BCUT2D eigenvalue weighted by molar-refractivity contribution is -0.139. The van der Waals surface area contributed by atoms with Gasteiger partial charge in [-0.15, -0.1) is 0 Å². The second kappa shape index (κ2) is 7.29. The number of aromatic nitrogens is 2. The maximum Gasteiger partial charge on any atom is 0.344 e. The molecule has 1 aromatic heterocycles. The zero-order chi connectivity index (χ0) is 20.8. The molecule has 0 bridgehead atoms. The Kier molecular flexibility index (Phi) is 4.93. The molecule has 3 N–H and O–H groups in total. The Hall–Kier alpha value is -2.69. The van der Waals surface area contributed by atoms with Gasteiger partial charge in [0.25, 0.3) is 5.91 Å². The summed E-state index contributed by atoms with van der Waals surface area (Å²) < 4.78 is 26.5. The van der Waals surface area contributed by atoms with E-state index in [0.29, 0.717) is 24.3 Å². The first-order valence-corrected chi connectivity index (χ1v) is 10.2. The van der Waals surface area contributed by atoms with Crippen molar-refractivity contribution < 1.29 is 23.2 Å². The summed E-state index contributed by atoms with van der Waals surface area (Å²) in [6.45, 7) is 2.10. The third kappa shape index (κ3) is 3.66. The minimum Gasteiger partial charge on any atom is -0.333 e. The number of hydrazine groups is 1. The summed E-state index contributed by atoms with van der Waals surface area (Å²) >= 11 is 0.986. The molecule has 0 radical (unpaired) electrons. The van der Waals surface area contributed by atoms with E-state index >= 15 is 0 Å². The van der Waals surface area contributed by atoms with Crippen LogP contribution in [0, 0.1) is 17.6 Å². The first-order chi connectivity index (χ1) is 13.8. The van der Waals surface area contributed by atoms with Crippen molar-refractivity contribution in [3.8, 4) is 0 Å². The number of hydrogen-bond donors (Lipinski definition) is 3. The number of halogens is 2. The minimum absolute atomic E-state index is 0.147. The molecule has 29 heavy (non-hydrogen) atoms. The van der Waals surface area contributed by atoms with Gasteiger partial charge >= 0.3 is 6.03 Å². The Morgan fingerprint density at radius 3 is 2.72 bits per heavy atom. The summed E-state index contributed by atoms with van der Waals surface area (Å²) in [5.74, 6) is -2.68. The lowest BCUT2D eigenvalue weighted by Crippen LogP contribution is -2.51. The summed E-state index contributed by atoms with van der Waals surface area (Å²) in [6, 6.07) is 1.31. The van der Waals surface area contributed by atoms with Gasteiger partial charge in [-0.25, -0.2) is 18.6 Å². The number of aromatic amines is 1. The summed E-state index contributed by atoms with van der Waals surface area (Å²) in [5, 5.41) is 3.75. The minimum atomic E-state index is -1.01. The quantitative estimate of drug-likeness (QED) is 0.517. The molecule has 2 heterocycles. The van der Waals surface area contributed by atoms with E-state index in [1.807, 2.05) is 0 Å². The number of benzene rings is 1. The molecule has 4 rings (SSSR count). The van der Waals surface area contributed by atoms with Crippen molar-refractivity contribution in [3.05, 3.63) is 23.8 Å². The highest BCUT2D eigenvalue weighted by molar-refractivity contribution is 7.99. The van der Waals surface area contributed by atoms with Gasteiger partial charge in [0.15, 0.2) is 16.8 Å². The van der Waals surface area contributed by atoms with Crippen LogP contribution in [0.1, 0.15) is 32.6 Å². The fraction of sp³-hybridized carbons (Fsp3) is 0.444. The number of nitrogens with one attached hydrogen (secondary N) is 3. The SMILES string of the molecule is CC1CCC2(CC1)NC(=O)N(NC(=O)CSc1nc3cc(F)c(F)cc3[nH]1)C2=O. The lowest BCUT2D eigenvalue weighted by atomic mass is 9.77. The van der Waals surface area contributed by atoms with Gasteiger partial charge in [0.2, 0.25) is 5.91 Å². The Morgan fingerprint density at radius 2 is 2.00 bits per heavy atom. The molecular formula is C18H19F2N5O3S. The summed E-state index contributed by atoms with van der Waals surface area (Å²) in [5.41, 5.74) is 1.93. The summed E-state index contributed by atoms with van der Waals surface area (Å²) in [6.07, 6.45) is 2.76. The number of thioether (sulfide) groups is 1. The molecule has 154 valence electrons. The van der Waals surface area contributed by atoms with Crippen molar-refractivity contribution in [2.24, 2.45) is 5.92 Å². The Morgan fingerprint density at radius 1 is 1.31 bits per heavy atom. The third-order valence-corrected chi connectivity index (χ3v) is 6.24. The van der Waals surface area contributed by atoms with E-state index in [4.69, 9.17) is 0 Å². The van der Waals surface area contributed by atoms with Crippen molar-refractivity contribution in [2.75, 3.05) is 5.75 Å². The van der Waals surface area contributed by atoms with E-state index in [0.717, 1.165) is 41.7 Å². The Bertz CT molecular complexity index is 964. The van der Waals surface area contributed by atoms with Gasteiger partial charge in [0, 0.05) is 12.1 Å². The van der Waals surface area contributed by atoms with Gasteiger partial charge in [-0.1, -0.05) is 18.7 Å². The van der Waals surface area contributed by atoms with Crippen LogP contribution < -0.4 is 10.7 Å². The zero-order valence-electron chi connectivity index (χ0n) is 15.6. The van der Waals surface area contributed by atoms with Gasteiger partial charge < -0.3 is 10.3 Å². The number of carbonyl (C=O) groups excluding carboxylic acids is 3. The van der Waals surface area contributed by atoms with Crippen molar-refractivity contribution >= 4 is 40.6 Å². The third-order valence-electron chi connectivity index (χ3n) is 5.37. The van der Waals surface area contributed by atoms with Gasteiger partial charge in [-0.05, 0) is 31.6 Å². The van der Waals surface area contributed by atoms with Crippen LogP contribution in [0.3, 0.4) is 0 Å². The molecule has 1 saturated carbocycles. The average molecular weight is 423 g/mol. The van der Waals surface area contributed by atoms with E-state index in [1.165, 1.54) is 0 Å². The Labute approximate surface area is 168 Å². The number of hydrogen-bond acceptors (Lipinski definition) is 5. The second-order valence-electron chi connectivity index (χ2n) is 7.48. The normalized spacial score (nSPS) is 24.4. The van der Waals surface area contributed by atoms with Crippen LogP contribution in [0.2, 0.25) is 0 Å². The number of urea groups is 1. The van der Waals surface area contributed by atoms with Gasteiger partial charge in [0.1, 0.15) is 5.54 Å². The maximum atomic E-state index is 13.3. The fourth-order valence-corrected chi connectivity index (χ4v) is 4.33. The largest absolute Gasteiger partial charge is 0.344 e. The first-order valence-electron chi connectivity index (χ1n) is 9.21. The molecule has 0 unspecified atom stereocenters. The molecule has 1 aromatic carbocycles. The molecule has 8 nitrogen and oxygen atoms in total. The zero-order valence-corrected chi connectivity index (χ0v) is 16.4. The van der Waals surface area contributed by atoms with E-state index in [9.17, 15) is 23.2 Å². The molecule has 2 fully saturated rings. The number of imidazole rings is 1. The molecule has 2 aromatic rings. The predicted octanol–water partition coefficient (Wildman–Crippen LogP) is 2.47. The lowest BCUT2D eigenvalue weighted by Gasteiger charge is -2.33. The van der Waals surface area contributed by atoms with E-state index < -0.39 is 35.0 Å². The molecule has 0 atom stereocenters. The van der Waals surface area contributed by atoms with Crippen LogP contribution in [0.15, 0.2) is 17.3 Å². The Balaban J connectivity index is 1.37. The second-order valence-corrected chi connectivity index (χ2v) is 8.45. The van der Waals surface area contributed by atoms with Crippen LogP contribution in [0.5, 0.6) is 0 Å². The van der Waals surface area contributed by atoms with Crippen molar-refractivity contribution in [1.82, 2.24) is 25.7 Å². The summed E-state index contributed by atoms with van der Waals surface area (Å²) in [7, 11) is 0. The van der Waals surface area contributed by atoms with Crippen LogP contribution in [0.25, 0.3) is 11.0 Å². The number of carbonyl (C=O) groups is 3. The van der Waals surface area contributed by atoms with Crippen LogP contribution >= 0.6 is 11.8 Å². The number of H-pyrrole nitrogens is 1. The smallest absolute Gasteiger partial charge is 0.333 e. The van der Waals surface area contributed by atoms with Crippen molar-refractivity contribution in [1.29, 1.82) is 0 Å². The number of fused-ring (bicyclic) bond motifs is 1. The molecule has 4 amide bonds. The van der Waals surface area contributed by atoms with Gasteiger partial charge in [-0.3, -0.25) is 15.0 Å². The molecule has 1 aliphatic carbocycles. The van der Waals surface area contributed by atoms with Crippen LogP contribution in [-0.4, -0.2) is 44.1 Å². The van der Waals surface area contributed by atoms with E-state index in [1.54, 1.807) is 0 Å². The number of nitrogens with zero attached hydrogens (tertiary/aromatic N) is 2. The number of imide groups is 1. The molecule has 1 saturated heterocycles. The van der Waals surface area contributed by atoms with E-state index in [-0.39, 0.29) is 16.4 Å². The van der Waals surface area contributed by atoms with Crippen LogP contribution in [0.4, 0.5) is 13.6 Å². The van der Waals surface area contributed by atoms with Gasteiger partial charge in [0.05, 0.1) is 16.8 Å². The highest BCUT2D eigenvalue weighted by Crippen LogP contribution is 2.35. The number of rotatable bonds is 4. The van der Waals surface area contributed by atoms with Crippen molar-refractivity contribution in [2.45, 2.75) is 43.3 Å². The standard InChI is InChI=1S/C18H19F2N5O3S/c1-9-2-4-18(5-3-9)15(27)25(17(28)23-18)24-14(26)8-29-16-21-12-6-10(19)11(20)7-13(12)22-16/h6-7,9H,2-5,8H2,1H3,(H,21,22)(H,23,28)(H,24,26). The first kappa shape index (κ1) is 19.6. The van der Waals surface area contributed by atoms with Crippen molar-refractivity contribution in [3.63, 3.8) is 0 Å². The van der Waals surface area contributed by atoms with Crippen LogP contribution in [-0.2, 0) is 9.59 Å².